The molecular formula is C25H19ClFNO3. The first kappa shape index (κ1) is 20.8. The highest BCUT2D eigenvalue weighted by atomic mass is 35.5. The smallest absolute Gasteiger partial charge is 0.300 e. The van der Waals surface area contributed by atoms with Gasteiger partial charge in [-0.25, -0.2) is 4.39 Å². The Balaban J connectivity index is 1.92. The van der Waals surface area contributed by atoms with Crippen LogP contribution in [0.5, 0.6) is 0 Å². The molecule has 0 aromatic heterocycles. The second kappa shape index (κ2) is 8.36. The summed E-state index contributed by atoms with van der Waals surface area (Å²) in [5.74, 6) is -2.35. The molecule has 1 heterocycles. The molecule has 1 aliphatic heterocycles. The number of nitrogens with zero attached hydrogens (tertiary/aromatic N) is 1. The van der Waals surface area contributed by atoms with Crippen molar-refractivity contribution in [3.63, 3.8) is 0 Å². The lowest BCUT2D eigenvalue weighted by molar-refractivity contribution is -0.132. The number of amides is 1. The van der Waals surface area contributed by atoms with Crippen LogP contribution in [-0.4, -0.2) is 16.8 Å². The minimum absolute atomic E-state index is 0.0709. The molecular weight excluding hydrogens is 417 g/mol. The lowest BCUT2D eigenvalue weighted by Gasteiger charge is -2.25. The first-order valence-electron chi connectivity index (χ1n) is 9.82. The number of aryl methyl sites for hydroxylation is 1. The average Bonchev–Trinajstić information content (AvgIpc) is 3.04. The molecule has 0 bridgehead atoms. The summed E-state index contributed by atoms with van der Waals surface area (Å²) in [6, 6.07) is 18.3. The van der Waals surface area contributed by atoms with E-state index in [2.05, 4.69) is 0 Å². The van der Waals surface area contributed by atoms with Crippen LogP contribution in [0.2, 0.25) is 5.02 Å². The molecule has 1 atom stereocenters. The maximum Gasteiger partial charge on any atom is 0.300 e. The number of aliphatic hydroxyl groups excluding tert-OH is 1. The van der Waals surface area contributed by atoms with Crippen molar-refractivity contribution < 1.29 is 19.1 Å². The van der Waals surface area contributed by atoms with Crippen LogP contribution in [0, 0.1) is 5.82 Å². The summed E-state index contributed by atoms with van der Waals surface area (Å²) in [6.07, 6.45) is 0.829. The van der Waals surface area contributed by atoms with Gasteiger partial charge < -0.3 is 5.11 Å². The van der Waals surface area contributed by atoms with Gasteiger partial charge in [-0.15, -0.1) is 0 Å². The molecule has 31 heavy (non-hydrogen) atoms. The van der Waals surface area contributed by atoms with E-state index in [0.717, 1.165) is 12.0 Å². The summed E-state index contributed by atoms with van der Waals surface area (Å²) in [5.41, 5.74) is 2.34. The molecule has 1 N–H and O–H groups in total. The predicted octanol–water partition coefficient (Wildman–Crippen LogP) is 5.67. The third-order valence-corrected chi connectivity index (χ3v) is 5.59. The number of hydrogen-bond acceptors (Lipinski definition) is 3. The number of anilines is 1. The van der Waals surface area contributed by atoms with Gasteiger partial charge in [0.25, 0.3) is 11.7 Å². The van der Waals surface area contributed by atoms with E-state index >= 15 is 0 Å². The molecule has 0 radical (unpaired) electrons. The van der Waals surface area contributed by atoms with Crippen LogP contribution in [0.15, 0.2) is 78.4 Å². The fourth-order valence-corrected chi connectivity index (χ4v) is 3.93. The van der Waals surface area contributed by atoms with Gasteiger partial charge in [0.1, 0.15) is 11.6 Å². The molecule has 0 spiro atoms. The van der Waals surface area contributed by atoms with Crippen LogP contribution in [-0.2, 0) is 16.0 Å². The van der Waals surface area contributed by atoms with Crippen LogP contribution >= 0.6 is 11.6 Å². The van der Waals surface area contributed by atoms with Gasteiger partial charge in [-0.3, -0.25) is 14.5 Å². The van der Waals surface area contributed by atoms with Crippen LogP contribution < -0.4 is 4.90 Å². The van der Waals surface area contributed by atoms with Crippen LogP contribution in [0.25, 0.3) is 5.76 Å². The Morgan fingerprint density at radius 1 is 1.03 bits per heavy atom. The zero-order valence-corrected chi connectivity index (χ0v) is 17.4. The maximum atomic E-state index is 13.6. The quantitative estimate of drug-likeness (QED) is 0.326. The molecule has 3 aromatic rings. The van der Waals surface area contributed by atoms with Crippen molar-refractivity contribution in [2.24, 2.45) is 0 Å². The SMILES string of the molecule is CCc1ccc(N2C(=O)C(=O)/C(=C(\O)c3cccc(Cl)c3)C2c2ccc(F)cc2)cc1. The van der Waals surface area contributed by atoms with Gasteiger partial charge in [0, 0.05) is 16.3 Å². The molecule has 1 saturated heterocycles. The average molecular weight is 436 g/mol. The number of benzene rings is 3. The van der Waals surface area contributed by atoms with Gasteiger partial charge in [0.15, 0.2) is 0 Å². The Hall–Kier alpha value is -3.44. The first-order valence-corrected chi connectivity index (χ1v) is 10.2. The number of rotatable bonds is 4. The van der Waals surface area contributed by atoms with Crippen molar-refractivity contribution in [2.75, 3.05) is 4.90 Å². The van der Waals surface area contributed by atoms with Crippen molar-refractivity contribution in [3.8, 4) is 0 Å². The Kier molecular flexibility index (Phi) is 5.61. The van der Waals surface area contributed by atoms with Crippen molar-refractivity contribution in [1.29, 1.82) is 0 Å². The monoisotopic (exact) mass is 435 g/mol. The Labute approximate surface area is 184 Å². The fraction of sp³-hybridized carbons (Fsp3) is 0.120. The Morgan fingerprint density at radius 3 is 2.32 bits per heavy atom. The summed E-state index contributed by atoms with van der Waals surface area (Å²) < 4.78 is 13.6. The zero-order valence-electron chi connectivity index (χ0n) is 16.7. The van der Waals surface area contributed by atoms with Gasteiger partial charge in [-0.05, 0) is 53.9 Å². The summed E-state index contributed by atoms with van der Waals surface area (Å²) in [6.45, 7) is 2.02. The minimum Gasteiger partial charge on any atom is -0.507 e. The fourth-order valence-electron chi connectivity index (χ4n) is 3.74. The van der Waals surface area contributed by atoms with E-state index in [1.165, 1.54) is 35.2 Å². The van der Waals surface area contributed by atoms with Gasteiger partial charge in [-0.2, -0.15) is 0 Å². The van der Waals surface area contributed by atoms with Gasteiger partial charge in [-0.1, -0.05) is 54.9 Å². The number of Topliss-reactive ketones (excluding diaryl/α,β-unsaturated/α-hetero) is 1. The van der Waals surface area contributed by atoms with E-state index in [-0.39, 0.29) is 11.3 Å². The largest absolute Gasteiger partial charge is 0.507 e. The third kappa shape index (κ3) is 3.84. The van der Waals surface area contributed by atoms with E-state index in [1.807, 2.05) is 19.1 Å². The van der Waals surface area contributed by atoms with E-state index in [4.69, 9.17) is 11.6 Å². The van der Waals surface area contributed by atoms with Crippen LogP contribution in [0.3, 0.4) is 0 Å². The highest BCUT2D eigenvalue weighted by Crippen LogP contribution is 2.42. The molecule has 1 fully saturated rings. The minimum atomic E-state index is -0.910. The topological polar surface area (TPSA) is 57.6 Å². The number of carbonyl (C=O) groups is 2. The number of aliphatic hydroxyl groups is 1. The highest BCUT2D eigenvalue weighted by molar-refractivity contribution is 6.51. The Morgan fingerprint density at radius 2 is 1.71 bits per heavy atom. The molecule has 156 valence electrons. The molecule has 1 unspecified atom stereocenters. The van der Waals surface area contributed by atoms with Crippen molar-refractivity contribution in [2.45, 2.75) is 19.4 Å². The molecule has 0 aliphatic carbocycles. The van der Waals surface area contributed by atoms with Crippen molar-refractivity contribution in [3.05, 3.63) is 106 Å². The van der Waals surface area contributed by atoms with Crippen molar-refractivity contribution in [1.82, 2.24) is 0 Å². The molecule has 1 aliphatic rings. The normalized spacial score (nSPS) is 17.9. The summed E-state index contributed by atoms with van der Waals surface area (Å²) in [4.78, 5) is 27.4. The number of halogens is 2. The molecule has 6 heteroatoms. The Bertz CT molecular complexity index is 1190. The van der Waals surface area contributed by atoms with Crippen LogP contribution in [0.4, 0.5) is 10.1 Å². The molecule has 4 nitrogen and oxygen atoms in total. The second-order valence-electron chi connectivity index (χ2n) is 7.25. The lowest BCUT2D eigenvalue weighted by Crippen LogP contribution is -2.29. The van der Waals surface area contributed by atoms with E-state index in [0.29, 0.717) is 21.8 Å². The molecule has 1 amide bonds. The number of ketones is 1. The zero-order chi connectivity index (χ0) is 22.1. The molecule has 0 saturated carbocycles. The van der Waals surface area contributed by atoms with E-state index in [9.17, 15) is 19.1 Å². The predicted molar refractivity (Wildman–Crippen MR) is 118 cm³/mol. The van der Waals surface area contributed by atoms with Gasteiger partial charge >= 0.3 is 0 Å². The van der Waals surface area contributed by atoms with E-state index < -0.39 is 23.5 Å². The lowest BCUT2D eigenvalue weighted by atomic mass is 9.95. The highest BCUT2D eigenvalue weighted by Gasteiger charge is 2.46. The number of hydrogen-bond donors (Lipinski definition) is 1. The van der Waals surface area contributed by atoms with E-state index in [1.54, 1.807) is 30.3 Å². The summed E-state index contributed by atoms with van der Waals surface area (Å²) in [5, 5.41) is 11.4. The first-order chi connectivity index (χ1) is 14.9. The third-order valence-electron chi connectivity index (χ3n) is 5.35. The maximum absolute atomic E-state index is 13.6. The molecule has 4 rings (SSSR count). The summed E-state index contributed by atoms with van der Waals surface area (Å²) >= 11 is 6.05. The van der Waals surface area contributed by atoms with Crippen LogP contribution in [0.1, 0.15) is 29.7 Å². The summed E-state index contributed by atoms with van der Waals surface area (Å²) in [7, 11) is 0. The number of carbonyl (C=O) groups excluding carboxylic acids is 2. The van der Waals surface area contributed by atoms with Gasteiger partial charge in [0.05, 0.1) is 11.6 Å². The second-order valence-corrected chi connectivity index (χ2v) is 7.69. The standard InChI is InChI=1S/C25H19ClFNO3/c1-2-15-6-12-20(13-7-15)28-22(16-8-10-19(27)11-9-16)21(24(30)25(28)31)23(29)17-4-3-5-18(26)14-17/h3-14,22,29H,2H2,1H3/b23-21-. The van der Waals surface area contributed by atoms with Gasteiger partial charge in [0.2, 0.25) is 0 Å². The molecule has 3 aromatic carbocycles. The van der Waals surface area contributed by atoms with Crippen molar-refractivity contribution >= 4 is 34.7 Å².